The molecule has 80 valence electrons. The maximum absolute atomic E-state index is 13.0. The fraction of sp³-hybridized carbons (Fsp3) is 0.333. The second kappa shape index (κ2) is 6.18. The van der Waals surface area contributed by atoms with Crippen LogP contribution in [0.25, 0.3) is 0 Å². The van der Waals surface area contributed by atoms with Crippen LogP contribution in [0.2, 0.25) is 0 Å². The van der Waals surface area contributed by atoms with E-state index in [4.69, 9.17) is 5.11 Å². The Kier molecular flexibility index (Phi) is 4.82. The van der Waals surface area contributed by atoms with Crippen LogP contribution in [-0.2, 0) is 6.61 Å². The molecule has 0 bridgehead atoms. The average Bonchev–Trinajstić information content (AvgIpc) is 2.23. The van der Waals surface area contributed by atoms with Crippen LogP contribution in [0, 0.1) is 17.7 Å². The Morgan fingerprint density at radius 3 is 2.87 bits per heavy atom. The maximum atomic E-state index is 13.0. The molecule has 2 N–H and O–H groups in total. The van der Waals surface area contributed by atoms with E-state index in [1.165, 1.54) is 12.1 Å². The van der Waals surface area contributed by atoms with E-state index >= 15 is 0 Å². The summed E-state index contributed by atoms with van der Waals surface area (Å²) in [5.41, 5.74) is 1.16. The molecule has 0 aliphatic rings. The van der Waals surface area contributed by atoms with Crippen LogP contribution in [0.3, 0.4) is 0 Å². The summed E-state index contributed by atoms with van der Waals surface area (Å²) in [4.78, 5) is 0. The van der Waals surface area contributed by atoms with Crippen LogP contribution in [0.15, 0.2) is 18.2 Å². The van der Waals surface area contributed by atoms with E-state index in [9.17, 15) is 4.39 Å². The smallest absolute Gasteiger partial charge is 0.124 e. The van der Waals surface area contributed by atoms with E-state index < -0.39 is 0 Å². The van der Waals surface area contributed by atoms with Crippen LogP contribution < -0.4 is 5.32 Å². The van der Waals surface area contributed by atoms with Gasteiger partial charge in [0.25, 0.3) is 0 Å². The molecule has 15 heavy (non-hydrogen) atoms. The Hall–Kier alpha value is -1.37. The Bertz CT molecular complexity index is 379. The van der Waals surface area contributed by atoms with Gasteiger partial charge in [-0.3, -0.25) is 0 Å². The normalized spacial score (nSPS) is 9.53. The van der Waals surface area contributed by atoms with Gasteiger partial charge in [0.1, 0.15) is 5.82 Å². The third-order valence-electron chi connectivity index (χ3n) is 1.87. The largest absolute Gasteiger partial charge is 0.392 e. The first kappa shape index (κ1) is 11.7. The van der Waals surface area contributed by atoms with E-state index in [1.54, 1.807) is 6.07 Å². The molecule has 1 aromatic carbocycles. The molecule has 0 aliphatic carbocycles. The van der Waals surface area contributed by atoms with E-state index in [-0.39, 0.29) is 12.4 Å². The minimum absolute atomic E-state index is 0.164. The van der Waals surface area contributed by atoms with Gasteiger partial charge in [0.05, 0.1) is 6.61 Å². The molecule has 0 fully saturated rings. The summed E-state index contributed by atoms with van der Waals surface area (Å²) in [6.45, 7) is 0.651. The van der Waals surface area contributed by atoms with Crippen LogP contribution >= 0.6 is 0 Å². The van der Waals surface area contributed by atoms with Gasteiger partial charge in [0.2, 0.25) is 0 Å². The number of aliphatic hydroxyl groups is 1. The molecular weight excluding hydrogens is 193 g/mol. The average molecular weight is 207 g/mol. The SMILES string of the molecule is CNCCC#Cc1cc(F)cc(CO)c1. The second-order valence-electron chi connectivity index (χ2n) is 3.16. The summed E-state index contributed by atoms with van der Waals surface area (Å²) in [6.07, 6.45) is 0.724. The molecule has 0 aliphatic heterocycles. The van der Waals surface area contributed by atoms with Crippen molar-refractivity contribution in [1.82, 2.24) is 5.32 Å². The fourth-order valence-corrected chi connectivity index (χ4v) is 1.17. The van der Waals surface area contributed by atoms with Gasteiger partial charge < -0.3 is 10.4 Å². The summed E-state index contributed by atoms with van der Waals surface area (Å²) in [5, 5.41) is 11.8. The van der Waals surface area contributed by atoms with Crippen LogP contribution in [0.5, 0.6) is 0 Å². The summed E-state index contributed by atoms with van der Waals surface area (Å²) >= 11 is 0. The van der Waals surface area contributed by atoms with Gasteiger partial charge >= 0.3 is 0 Å². The monoisotopic (exact) mass is 207 g/mol. The second-order valence-corrected chi connectivity index (χ2v) is 3.16. The lowest BCUT2D eigenvalue weighted by Gasteiger charge is -1.97. The fourth-order valence-electron chi connectivity index (χ4n) is 1.17. The van der Waals surface area contributed by atoms with Crippen molar-refractivity contribution in [1.29, 1.82) is 0 Å². The van der Waals surface area contributed by atoms with E-state index in [0.29, 0.717) is 11.1 Å². The van der Waals surface area contributed by atoms with E-state index in [0.717, 1.165) is 13.0 Å². The first-order chi connectivity index (χ1) is 7.26. The van der Waals surface area contributed by atoms with Crippen molar-refractivity contribution in [3.8, 4) is 11.8 Å². The van der Waals surface area contributed by atoms with Gasteiger partial charge in [-0.15, -0.1) is 0 Å². The lowest BCUT2D eigenvalue weighted by molar-refractivity contribution is 0.281. The van der Waals surface area contributed by atoms with Crippen LogP contribution in [0.4, 0.5) is 4.39 Å². The summed E-state index contributed by atoms with van der Waals surface area (Å²) in [7, 11) is 1.85. The van der Waals surface area contributed by atoms with Crippen molar-refractivity contribution >= 4 is 0 Å². The predicted molar refractivity (Wildman–Crippen MR) is 57.7 cm³/mol. The maximum Gasteiger partial charge on any atom is 0.124 e. The molecule has 0 spiro atoms. The lowest BCUT2D eigenvalue weighted by atomic mass is 10.1. The minimum Gasteiger partial charge on any atom is -0.392 e. The summed E-state index contributed by atoms with van der Waals surface area (Å²) in [6, 6.07) is 4.36. The third-order valence-corrected chi connectivity index (χ3v) is 1.87. The molecule has 0 amide bonds. The predicted octanol–water partition coefficient (Wildman–Crippen LogP) is 1.28. The number of nitrogens with one attached hydrogen (secondary N) is 1. The molecule has 0 unspecified atom stereocenters. The first-order valence-corrected chi connectivity index (χ1v) is 4.80. The topological polar surface area (TPSA) is 32.3 Å². The van der Waals surface area contributed by atoms with Crippen molar-refractivity contribution in [2.75, 3.05) is 13.6 Å². The highest BCUT2D eigenvalue weighted by Gasteiger charge is 1.97. The molecule has 0 radical (unpaired) electrons. The van der Waals surface area contributed by atoms with Crippen molar-refractivity contribution in [2.24, 2.45) is 0 Å². The minimum atomic E-state index is -0.362. The highest BCUT2D eigenvalue weighted by Crippen LogP contribution is 2.08. The zero-order valence-corrected chi connectivity index (χ0v) is 8.68. The van der Waals surface area contributed by atoms with Gasteiger partial charge in [-0.25, -0.2) is 4.39 Å². The zero-order chi connectivity index (χ0) is 11.1. The Labute approximate surface area is 89.1 Å². The van der Waals surface area contributed by atoms with Crippen molar-refractivity contribution in [3.63, 3.8) is 0 Å². The molecular formula is C12H14FNO. The van der Waals surface area contributed by atoms with Crippen molar-refractivity contribution < 1.29 is 9.50 Å². The quantitative estimate of drug-likeness (QED) is 0.578. The lowest BCUT2D eigenvalue weighted by Crippen LogP contribution is -2.05. The molecule has 0 saturated heterocycles. The number of benzene rings is 1. The molecule has 0 saturated carbocycles. The molecule has 0 heterocycles. The summed E-state index contributed by atoms with van der Waals surface area (Å²) in [5.74, 6) is 5.41. The van der Waals surface area contributed by atoms with Gasteiger partial charge in [-0.1, -0.05) is 11.8 Å². The molecule has 3 heteroatoms. The van der Waals surface area contributed by atoms with Gasteiger partial charge in [0, 0.05) is 18.5 Å². The molecule has 0 atom stereocenters. The molecule has 1 rings (SSSR count). The van der Waals surface area contributed by atoms with Gasteiger partial charge in [-0.2, -0.15) is 0 Å². The third kappa shape index (κ3) is 4.11. The van der Waals surface area contributed by atoms with Crippen molar-refractivity contribution in [2.45, 2.75) is 13.0 Å². The van der Waals surface area contributed by atoms with Gasteiger partial charge in [0.15, 0.2) is 0 Å². The summed E-state index contributed by atoms with van der Waals surface area (Å²) < 4.78 is 13.0. The first-order valence-electron chi connectivity index (χ1n) is 4.80. The number of hydrogen-bond donors (Lipinski definition) is 2. The number of hydrogen-bond acceptors (Lipinski definition) is 2. The Morgan fingerprint density at radius 2 is 2.20 bits per heavy atom. The molecule has 2 nitrogen and oxygen atoms in total. The Balaban J connectivity index is 2.74. The zero-order valence-electron chi connectivity index (χ0n) is 8.68. The molecule has 0 aromatic heterocycles. The van der Waals surface area contributed by atoms with E-state index in [2.05, 4.69) is 17.2 Å². The molecule has 1 aromatic rings. The van der Waals surface area contributed by atoms with Crippen LogP contribution in [0.1, 0.15) is 17.5 Å². The van der Waals surface area contributed by atoms with Crippen molar-refractivity contribution in [3.05, 3.63) is 35.1 Å². The number of aliphatic hydroxyl groups excluding tert-OH is 1. The Morgan fingerprint density at radius 1 is 1.40 bits per heavy atom. The number of rotatable bonds is 3. The standard InChI is InChI=1S/C12H14FNO/c1-14-5-3-2-4-10-6-11(9-15)8-12(13)7-10/h6-8,14-15H,3,5,9H2,1H3. The van der Waals surface area contributed by atoms with Gasteiger partial charge in [-0.05, 0) is 30.8 Å². The highest BCUT2D eigenvalue weighted by molar-refractivity contribution is 5.37. The van der Waals surface area contributed by atoms with Crippen LogP contribution in [-0.4, -0.2) is 18.7 Å². The highest BCUT2D eigenvalue weighted by atomic mass is 19.1. The van der Waals surface area contributed by atoms with E-state index in [1.807, 2.05) is 7.05 Å². The number of halogens is 1.